The van der Waals surface area contributed by atoms with Crippen molar-refractivity contribution in [2.75, 3.05) is 14.2 Å². The Labute approximate surface area is 93.8 Å². The van der Waals surface area contributed by atoms with Crippen LogP contribution >= 0.6 is 11.6 Å². The fourth-order valence-electron chi connectivity index (χ4n) is 1.31. The summed E-state index contributed by atoms with van der Waals surface area (Å²) in [5, 5.41) is 0.532. The molecule has 0 saturated heterocycles. The summed E-state index contributed by atoms with van der Waals surface area (Å²) in [6, 6.07) is 3.59. The van der Waals surface area contributed by atoms with Gasteiger partial charge in [-0.3, -0.25) is 4.84 Å². The molecule has 15 heavy (non-hydrogen) atoms. The van der Waals surface area contributed by atoms with E-state index in [0.717, 1.165) is 11.1 Å². The van der Waals surface area contributed by atoms with Crippen LogP contribution in [0.3, 0.4) is 0 Å². The molecule has 0 fully saturated rings. The number of methoxy groups -OCH3 is 2. The number of hydrogen-bond acceptors (Lipinski definition) is 4. The second kappa shape index (κ2) is 5.92. The number of halogens is 1. The highest BCUT2D eigenvalue weighted by Gasteiger charge is 2.09. The van der Waals surface area contributed by atoms with Gasteiger partial charge in [0.1, 0.15) is 5.75 Å². The van der Waals surface area contributed by atoms with Gasteiger partial charge >= 0.3 is 0 Å². The first-order chi connectivity index (χ1) is 7.22. The topological polar surface area (TPSA) is 53.7 Å². The van der Waals surface area contributed by atoms with Crippen molar-refractivity contribution < 1.29 is 14.3 Å². The van der Waals surface area contributed by atoms with Crippen molar-refractivity contribution >= 4 is 11.6 Å². The minimum atomic E-state index is 0.294. The Morgan fingerprint density at radius 1 is 1.20 bits per heavy atom. The van der Waals surface area contributed by atoms with E-state index in [-0.39, 0.29) is 0 Å². The lowest BCUT2D eigenvalue weighted by atomic mass is 10.1. The van der Waals surface area contributed by atoms with E-state index in [1.54, 1.807) is 20.3 Å². The summed E-state index contributed by atoms with van der Waals surface area (Å²) in [4.78, 5) is 4.59. The first-order valence-electron chi connectivity index (χ1n) is 4.38. The molecule has 0 bridgehead atoms. The van der Waals surface area contributed by atoms with Crippen LogP contribution in [0.5, 0.6) is 5.75 Å². The van der Waals surface area contributed by atoms with E-state index in [0.29, 0.717) is 24.0 Å². The maximum atomic E-state index is 5.98. The van der Waals surface area contributed by atoms with Crippen LogP contribution in [0.15, 0.2) is 12.1 Å². The summed E-state index contributed by atoms with van der Waals surface area (Å²) in [5.41, 5.74) is 1.84. The van der Waals surface area contributed by atoms with E-state index >= 15 is 0 Å². The van der Waals surface area contributed by atoms with Crippen LogP contribution in [0.4, 0.5) is 0 Å². The summed E-state index contributed by atoms with van der Waals surface area (Å²) in [5.74, 6) is 5.65. The molecular formula is C10H14ClNO3. The Bertz CT molecular complexity index is 331. The fourth-order valence-corrected chi connectivity index (χ4v) is 1.57. The van der Waals surface area contributed by atoms with E-state index in [1.807, 2.05) is 6.07 Å². The Morgan fingerprint density at radius 3 is 2.40 bits per heavy atom. The van der Waals surface area contributed by atoms with Crippen molar-refractivity contribution in [3.8, 4) is 5.75 Å². The second-order valence-electron chi connectivity index (χ2n) is 3.00. The Kier molecular flexibility index (Phi) is 4.84. The smallest absolute Gasteiger partial charge is 0.137 e. The van der Waals surface area contributed by atoms with Crippen molar-refractivity contribution in [1.29, 1.82) is 0 Å². The average Bonchev–Trinajstić information content (AvgIpc) is 2.22. The van der Waals surface area contributed by atoms with Crippen LogP contribution < -0.4 is 10.6 Å². The van der Waals surface area contributed by atoms with E-state index in [9.17, 15) is 0 Å². The third-order valence-electron chi connectivity index (χ3n) is 2.01. The molecule has 0 aliphatic carbocycles. The van der Waals surface area contributed by atoms with E-state index in [2.05, 4.69) is 4.84 Å². The summed E-state index contributed by atoms with van der Waals surface area (Å²) < 4.78 is 10.2. The molecule has 0 saturated carbocycles. The van der Waals surface area contributed by atoms with Crippen LogP contribution in [-0.2, 0) is 22.8 Å². The molecule has 2 N–H and O–H groups in total. The summed E-state index contributed by atoms with van der Waals surface area (Å²) >= 11 is 5.98. The molecule has 4 nitrogen and oxygen atoms in total. The second-order valence-corrected chi connectivity index (χ2v) is 3.41. The van der Waals surface area contributed by atoms with Crippen LogP contribution in [0, 0.1) is 0 Å². The largest absolute Gasteiger partial charge is 0.495 e. The lowest BCUT2D eigenvalue weighted by molar-refractivity contribution is 0.120. The number of rotatable bonds is 5. The van der Waals surface area contributed by atoms with Gasteiger partial charge < -0.3 is 9.47 Å². The molecular weight excluding hydrogens is 218 g/mol. The van der Waals surface area contributed by atoms with Gasteiger partial charge in [0, 0.05) is 7.11 Å². The van der Waals surface area contributed by atoms with Gasteiger partial charge in [0.25, 0.3) is 0 Å². The average molecular weight is 232 g/mol. The first kappa shape index (κ1) is 12.3. The number of hydrogen-bond donors (Lipinski definition) is 1. The maximum Gasteiger partial charge on any atom is 0.137 e. The highest BCUT2D eigenvalue weighted by atomic mass is 35.5. The fraction of sp³-hybridized carbons (Fsp3) is 0.400. The molecule has 84 valence electrons. The Morgan fingerprint density at radius 2 is 1.87 bits per heavy atom. The van der Waals surface area contributed by atoms with Gasteiger partial charge in [0.05, 0.1) is 25.3 Å². The molecule has 5 heteroatoms. The molecule has 0 aliphatic heterocycles. The maximum absolute atomic E-state index is 5.98. The number of benzene rings is 1. The molecule has 0 unspecified atom stereocenters. The van der Waals surface area contributed by atoms with Gasteiger partial charge in [-0.05, 0) is 23.3 Å². The molecule has 1 aromatic carbocycles. The minimum Gasteiger partial charge on any atom is -0.495 e. The van der Waals surface area contributed by atoms with Crippen LogP contribution in [0.2, 0.25) is 5.02 Å². The van der Waals surface area contributed by atoms with Gasteiger partial charge in [0.2, 0.25) is 0 Å². The van der Waals surface area contributed by atoms with Gasteiger partial charge in [0.15, 0.2) is 0 Å². The zero-order chi connectivity index (χ0) is 11.3. The molecule has 0 heterocycles. The van der Waals surface area contributed by atoms with E-state index in [1.165, 1.54) is 0 Å². The summed E-state index contributed by atoms with van der Waals surface area (Å²) in [6.45, 7) is 0.759. The molecule has 1 aromatic rings. The van der Waals surface area contributed by atoms with Gasteiger partial charge in [-0.1, -0.05) is 11.6 Å². The molecule has 0 aliphatic rings. The summed E-state index contributed by atoms with van der Waals surface area (Å²) in [7, 11) is 3.19. The Hall–Kier alpha value is -0.810. The van der Waals surface area contributed by atoms with E-state index < -0.39 is 0 Å². The molecule has 1 rings (SSSR count). The summed E-state index contributed by atoms with van der Waals surface area (Å²) in [6.07, 6.45) is 0. The number of ether oxygens (including phenoxy) is 2. The van der Waals surface area contributed by atoms with Crippen LogP contribution in [0.1, 0.15) is 11.1 Å². The Balaban J connectivity index is 3.07. The van der Waals surface area contributed by atoms with Crippen LogP contribution in [0.25, 0.3) is 0 Å². The molecule has 0 atom stereocenters. The highest BCUT2D eigenvalue weighted by Crippen LogP contribution is 2.28. The molecule has 0 aromatic heterocycles. The highest BCUT2D eigenvalue weighted by molar-refractivity contribution is 6.32. The van der Waals surface area contributed by atoms with Crippen molar-refractivity contribution in [3.63, 3.8) is 0 Å². The lowest BCUT2D eigenvalue weighted by Crippen LogP contribution is -2.04. The first-order valence-corrected chi connectivity index (χ1v) is 4.76. The SMILES string of the molecule is COCc1cc(OC)c(Cl)cc1CON. The van der Waals surface area contributed by atoms with Gasteiger partial charge in [-0.2, -0.15) is 0 Å². The quantitative estimate of drug-likeness (QED) is 0.787. The molecule has 0 spiro atoms. The van der Waals surface area contributed by atoms with Gasteiger partial charge in [-0.15, -0.1) is 0 Å². The third kappa shape index (κ3) is 3.07. The monoisotopic (exact) mass is 231 g/mol. The van der Waals surface area contributed by atoms with Crippen molar-refractivity contribution in [2.24, 2.45) is 5.90 Å². The zero-order valence-corrected chi connectivity index (χ0v) is 9.50. The van der Waals surface area contributed by atoms with Crippen molar-refractivity contribution in [3.05, 3.63) is 28.3 Å². The lowest BCUT2D eigenvalue weighted by Gasteiger charge is -2.11. The van der Waals surface area contributed by atoms with Crippen molar-refractivity contribution in [2.45, 2.75) is 13.2 Å². The van der Waals surface area contributed by atoms with Gasteiger partial charge in [-0.25, -0.2) is 5.90 Å². The normalized spacial score (nSPS) is 10.4. The predicted molar refractivity (Wildman–Crippen MR) is 57.7 cm³/mol. The third-order valence-corrected chi connectivity index (χ3v) is 2.31. The van der Waals surface area contributed by atoms with Crippen LogP contribution in [-0.4, -0.2) is 14.2 Å². The number of nitrogens with two attached hydrogens (primary N) is 1. The zero-order valence-electron chi connectivity index (χ0n) is 8.75. The predicted octanol–water partition coefficient (Wildman–Crippen LogP) is 1.89. The van der Waals surface area contributed by atoms with Crippen molar-refractivity contribution in [1.82, 2.24) is 0 Å². The molecule has 0 radical (unpaired) electrons. The standard InChI is InChI=1S/C10H14ClNO3/c1-13-5-8-4-10(14-2)9(11)3-7(8)6-15-12/h3-4H,5-6,12H2,1-2H3. The molecule has 0 amide bonds. The van der Waals surface area contributed by atoms with E-state index in [4.69, 9.17) is 27.0 Å². The minimum absolute atomic E-state index is 0.294.